The fraction of sp³-hybridized carbons (Fsp3) is 0.360. The zero-order chi connectivity index (χ0) is 21.1. The van der Waals surface area contributed by atoms with Crippen LogP contribution in [0.5, 0.6) is 0 Å². The highest BCUT2D eigenvalue weighted by Crippen LogP contribution is 2.34. The number of carbonyl (C=O) groups excluding carboxylic acids is 1. The summed E-state index contributed by atoms with van der Waals surface area (Å²) in [7, 11) is 0. The SMILES string of the molecule is Cc1cccc(C(=O)N(Cc2c(-c3ccccc3)noc2N2CCCC2)C(C)C)c1. The van der Waals surface area contributed by atoms with E-state index in [2.05, 4.69) is 23.9 Å². The van der Waals surface area contributed by atoms with Crippen molar-refractivity contribution in [3.05, 3.63) is 71.3 Å². The van der Waals surface area contributed by atoms with E-state index in [9.17, 15) is 4.79 Å². The summed E-state index contributed by atoms with van der Waals surface area (Å²) in [6.45, 7) is 8.51. The van der Waals surface area contributed by atoms with E-state index >= 15 is 0 Å². The van der Waals surface area contributed by atoms with E-state index < -0.39 is 0 Å². The normalized spacial score (nSPS) is 13.8. The molecule has 5 nitrogen and oxygen atoms in total. The molecule has 0 N–H and O–H groups in total. The molecule has 2 heterocycles. The maximum absolute atomic E-state index is 13.4. The Morgan fingerprint density at radius 3 is 2.50 bits per heavy atom. The molecule has 0 aliphatic carbocycles. The van der Waals surface area contributed by atoms with Gasteiger partial charge in [0.2, 0.25) is 5.88 Å². The lowest BCUT2D eigenvalue weighted by Crippen LogP contribution is -2.37. The Morgan fingerprint density at radius 1 is 1.10 bits per heavy atom. The van der Waals surface area contributed by atoms with Crippen molar-refractivity contribution in [2.45, 2.75) is 46.2 Å². The summed E-state index contributed by atoms with van der Waals surface area (Å²) in [6, 6.07) is 17.9. The standard InChI is InChI=1S/C25H29N3O2/c1-18(2)28(24(29)21-13-9-10-19(3)16-21)17-22-23(20-11-5-4-6-12-20)26-30-25(22)27-14-7-8-15-27/h4-6,9-13,16,18H,7-8,14-15,17H2,1-3H3. The van der Waals surface area contributed by atoms with Gasteiger partial charge in [-0.1, -0.05) is 53.2 Å². The van der Waals surface area contributed by atoms with Crippen molar-refractivity contribution in [1.29, 1.82) is 0 Å². The van der Waals surface area contributed by atoms with Gasteiger partial charge in [0.25, 0.3) is 5.91 Å². The van der Waals surface area contributed by atoms with Crippen LogP contribution in [0.4, 0.5) is 5.88 Å². The molecule has 1 amide bonds. The molecular formula is C25H29N3O2. The molecule has 30 heavy (non-hydrogen) atoms. The predicted octanol–water partition coefficient (Wildman–Crippen LogP) is 5.30. The van der Waals surface area contributed by atoms with Gasteiger partial charge >= 0.3 is 0 Å². The number of aryl methyl sites for hydroxylation is 1. The van der Waals surface area contributed by atoms with Crippen molar-refractivity contribution in [1.82, 2.24) is 10.1 Å². The summed E-state index contributed by atoms with van der Waals surface area (Å²) < 4.78 is 5.86. The van der Waals surface area contributed by atoms with Crippen LogP contribution < -0.4 is 4.90 Å². The second-order valence-electron chi connectivity index (χ2n) is 8.27. The number of carbonyl (C=O) groups is 1. The quantitative estimate of drug-likeness (QED) is 0.560. The topological polar surface area (TPSA) is 49.6 Å². The predicted molar refractivity (Wildman–Crippen MR) is 120 cm³/mol. The first-order valence-corrected chi connectivity index (χ1v) is 10.7. The van der Waals surface area contributed by atoms with Crippen molar-refractivity contribution in [2.75, 3.05) is 18.0 Å². The summed E-state index contributed by atoms with van der Waals surface area (Å²) in [4.78, 5) is 17.6. The van der Waals surface area contributed by atoms with Crippen molar-refractivity contribution in [3.8, 4) is 11.3 Å². The highest BCUT2D eigenvalue weighted by molar-refractivity contribution is 5.94. The van der Waals surface area contributed by atoms with Crippen molar-refractivity contribution in [3.63, 3.8) is 0 Å². The zero-order valence-corrected chi connectivity index (χ0v) is 18.0. The summed E-state index contributed by atoms with van der Waals surface area (Å²) >= 11 is 0. The van der Waals surface area contributed by atoms with Crippen LogP contribution in [0, 0.1) is 6.92 Å². The minimum Gasteiger partial charge on any atom is -0.340 e. The van der Waals surface area contributed by atoms with Crippen LogP contribution in [0.3, 0.4) is 0 Å². The van der Waals surface area contributed by atoms with Crippen LogP contribution >= 0.6 is 0 Å². The fourth-order valence-electron chi connectivity index (χ4n) is 4.04. The highest BCUT2D eigenvalue weighted by atomic mass is 16.5. The third-order valence-electron chi connectivity index (χ3n) is 5.69. The zero-order valence-electron chi connectivity index (χ0n) is 18.0. The Kier molecular flexibility index (Phi) is 5.88. The Morgan fingerprint density at radius 2 is 1.83 bits per heavy atom. The summed E-state index contributed by atoms with van der Waals surface area (Å²) in [5, 5.41) is 4.43. The molecule has 1 aliphatic rings. The molecular weight excluding hydrogens is 374 g/mol. The lowest BCUT2D eigenvalue weighted by Gasteiger charge is -2.28. The average molecular weight is 404 g/mol. The molecule has 1 aliphatic heterocycles. The molecule has 1 aromatic heterocycles. The number of benzene rings is 2. The van der Waals surface area contributed by atoms with Gasteiger partial charge in [-0.2, -0.15) is 0 Å². The van der Waals surface area contributed by atoms with Crippen LogP contribution in [0.25, 0.3) is 11.3 Å². The van der Waals surface area contributed by atoms with Crippen molar-refractivity contribution >= 4 is 11.8 Å². The highest BCUT2D eigenvalue weighted by Gasteiger charge is 2.29. The van der Waals surface area contributed by atoms with E-state index in [1.807, 2.05) is 66.4 Å². The number of nitrogens with zero attached hydrogens (tertiary/aromatic N) is 3. The van der Waals surface area contributed by atoms with E-state index in [0.717, 1.165) is 54.2 Å². The molecule has 2 aromatic carbocycles. The van der Waals surface area contributed by atoms with Crippen molar-refractivity contribution < 1.29 is 9.32 Å². The van der Waals surface area contributed by atoms with Gasteiger partial charge in [-0.15, -0.1) is 0 Å². The van der Waals surface area contributed by atoms with Gasteiger partial charge in [-0.3, -0.25) is 4.79 Å². The van der Waals surface area contributed by atoms with Crippen LogP contribution in [0.15, 0.2) is 59.1 Å². The number of hydrogen-bond acceptors (Lipinski definition) is 4. The lowest BCUT2D eigenvalue weighted by molar-refractivity contribution is 0.0690. The van der Waals surface area contributed by atoms with Crippen LogP contribution in [-0.4, -0.2) is 35.1 Å². The average Bonchev–Trinajstić information content (AvgIpc) is 3.41. The molecule has 0 spiro atoms. The number of anilines is 1. The number of aromatic nitrogens is 1. The van der Waals surface area contributed by atoms with E-state index in [-0.39, 0.29) is 11.9 Å². The molecule has 0 bridgehead atoms. The first-order valence-electron chi connectivity index (χ1n) is 10.7. The second kappa shape index (κ2) is 8.74. The number of amides is 1. The molecule has 156 valence electrons. The number of hydrogen-bond donors (Lipinski definition) is 0. The molecule has 3 aromatic rings. The van der Waals surface area contributed by atoms with E-state index in [4.69, 9.17) is 4.52 Å². The molecule has 1 saturated heterocycles. The van der Waals surface area contributed by atoms with Gasteiger partial charge in [-0.25, -0.2) is 0 Å². The lowest BCUT2D eigenvalue weighted by atomic mass is 10.0. The molecule has 1 fully saturated rings. The monoisotopic (exact) mass is 403 g/mol. The van der Waals surface area contributed by atoms with Crippen LogP contribution in [0.2, 0.25) is 0 Å². The van der Waals surface area contributed by atoms with Gasteiger partial charge < -0.3 is 14.3 Å². The second-order valence-corrected chi connectivity index (χ2v) is 8.27. The van der Waals surface area contributed by atoms with Gasteiger partial charge in [-0.05, 0) is 45.7 Å². The Hall–Kier alpha value is -3.08. The van der Waals surface area contributed by atoms with Gasteiger partial charge in [0.1, 0.15) is 5.69 Å². The largest absolute Gasteiger partial charge is 0.340 e. The number of rotatable bonds is 6. The first-order chi connectivity index (χ1) is 14.5. The third-order valence-corrected chi connectivity index (χ3v) is 5.69. The maximum atomic E-state index is 13.4. The van der Waals surface area contributed by atoms with E-state index in [1.165, 1.54) is 0 Å². The molecule has 0 radical (unpaired) electrons. The minimum atomic E-state index is 0.0290. The van der Waals surface area contributed by atoms with Crippen LogP contribution in [0.1, 0.15) is 48.2 Å². The molecule has 0 unspecified atom stereocenters. The summed E-state index contributed by atoms with van der Waals surface area (Å²) in [6.07, 6.45) is 2.30. The first kappa shape index (κ1) is 20.2. The Labute approximate surface area is 178 Å². The fourth-order valence-corrected chi connectivity index (χ4v) is 4.04. The third kappa shape index (κ3) is 4.11. The summed E-state index contributed by atoms with van der Waals surface area (Å²) in [5.41, 5.74) is 4.60. The van der Waals surface area contributed by atoms with Crippen molar-refractivity contribution in [2.24, 2.45) is 0 Å². The van der Waals surface area contributed by atoms with Gasteiger partial charge in [0, 0.05) is 30.3 Å². The summed E-state index contributed by atoms with van der Waals surface area (Å²) in [5.74, 6) is 0.829. The van der Waals surface area contributed by atoms with Gasteiger partial charge in [0.05, 0.1) is 12.1 Å². The van der Waals surface area contributed by atoms with E-state index in [0.29, 0.717) is 12.1 Å². The Balaban J connectivity index is 1.73. The van der Waals surface area contributed by atoms with E-state index in [1.54, 1.807) is 0 Å². The van der Waals surface area contributed by atoms with Crippen LogP contribution in [-0.2, 0) is 6.54 Å². The van der Waals surface area contributed by atoms with Gasteiger partial charge in [0.15, 0.2) is 0 Å². The molecule has 0 atom stereocenters. The smallest absolute Gasteiger partial charge is 0.254 e. The molecule has 0 saturated carbocycles. The maximum Gasteiger partial charge on any atom is 0.254 e. The Bertz CT molecular complexity index is 1000. The molecule has 4 rings (SSSR count). The minimum absolute atomic E-state index is 0.0290. The molecule has 5 heteroatoms.